The smallest absolute Gasteiger partial charge is 0.198 e. The lowest BCUT2D eigenvalue weighted by Crippen LogP contribution is -2.16. The van der Waals surface area contributed by atoms with Gasteiger partial charge >= 0.3 is 6.18 Å². The first-order chi connectivity index (χ1) is 4.96. The summed E-state index contributed by atoms with van der Waals surface area (Å²) in [4.78, 5) is 0. The largest absolute Gasteiger partial charge is 0.393 e. The van der Waals surface area contributed by atoms with E-state index in [1.54, 1.807) is 13.0 Å². The van der Waals surface area contributed by atoms with Crippen LogP contribution in [0.25, 0.3) is 0 Å². The lowest BCUT2D eigenvalue weighted by Gasteiger charge is -2.07. The van der Waals surface area contributed by atoms with E-state index in [1.807, 2.05) is 0 Å². The van der Waals surface area contributed by atoms with Gasteiger partial charge in [-0.3, -0.25) is 0 Å². The molecule has 4 heteroatoms. The maximum absolute atomic E-state index is 12.0. The van der Waals surface area contributed by atoms with E-state index in [4.69, 9.17) is 5.26 Å². The highest BCUT2D eigenvalue weighted by atomic mass is 19.4. The Morgan fingerprint density at radius 2 is 2.18 bits per heavy atom. The zero-order valence-corrected chi connectivity index (χ0v) is 6.07. The second-order valence-electron chi connectivity index (χ2n) is 2.92. The fourth-order valence-electron chi connectivity index (χ4n) is 1.33. The number of rotatable bonds is 1. The lowest BCUT2D eigenvalue weighted by molar-refractivity contribution is -0.153. The van der Waals surface area contributed by atoms with Crippen LogP contribution >= 0.6 is 0 Å². The van der Waals surface area contributed by atoms with Crippen LogP contribution in [0.5, 0.6) is 0 Å². The van der Waals surface area contributed by atoms with Crippen molar-refractivity contribution >= 4 is 0 Å². The highest BCUT2D eigenvalue weighted by molar-refractivity contribution is 5.17. The molecule has 1 aliphatic carbocycles. The first-order valence-electron chi connectivity index (χ1n) is 3.44. The first kappa shape index (κ1) is 8.38. The summed E-state index contributed by atoms with van der Waals surface area (Å²) in [5, 5.41) is 8.44. The third-order valence-electron chi connectivity index (χ3n) is 2.32. The fourth-order valence-corrected chi connectivity index (χ4v) is 1.33. The number of alkyl halides is 3. The van der Waals surface area contributed by atoms with Crippen LogP contribution in [0.3, 0.4) is 0 Å². The van der Waals surface area contributed by atoms with Crippen molar-refractivity contribution < 1.29 is 13.2 Å². The second kappa shape index (κ2) is 2.13. The third kappa shape index (κ3) is 1.20. The molecule has 1 aliphatic rings. The minimum absolute atomic E-state index is 0.0104. The monoisotopic (exact) mass is 163 g/mol. The van der Waals surface area contributed by atoms with E-state index in [9.17, 15) is 13.2 Å². The molecular formula is C7H8F3N. The number of hydrogen-bond acceptors (Lipinski definition) is 1. The van der Waals surface area contributed by atoms with Crippen molar-refractivity contribution in [2.75, 3.05) is 0 Å². The lowest BCUT2D eigenvalue weighted by atomic mass is 10.0. The van der Waals surface area contributed by atoms with Crippen molar-refractivity contribution in [2.45, 2.75) is 25.9 Å². The Kier molecular flexibility index (Phi) is 1.62. The molecule has 1 nitrogen and oxygen atoms in total. The molecule has 1 fully saturated rings. The van der Waals surface area contributed by atoms with Gasteiger partial charge < -0.3 is 0 Å². The van der Waals surface area contributed by atoms with E-state index in [2.05, 4.69) is 0 Å². The molecule has 0 aromatic rings. The van der Waals surface area contributed by atoms with Crippen LogP contribution in [0.4, 0.5) is 13.2 Å². The summed E-state index contributed by atoms with van der Waals surface area (Å²) in [6.07, 6.45) is -3.89. The summed E-state index contributed by atoms with van der Waals surface area (Å²) in [7, 11) is 0. The molecule has 0 aliphatic heterocycles. The van der Waals surface area contributed by atoms with Gasteiger partial charge in [-0.25, -0.2) is 0 Å². The molecule has 0 bridgehead atoms. The number of halogens is 3. The molecule has 0 aromatic carbocycles. The Hall–Kier alpha value is -0.720. The van der Waals surface area contributed by atoms with Crippen LogP contribution in [0.2, 0.25) is 0 Å². The van der Waals surface area contributed by atoms with Gasteiger partial charge in [0.2, 0.25) is 0 Å². The summed E-state index contributed by atoms with van der Waals surface area (Å²) in [5.41, 5.74) is -1.09. The molecule has 0 aromatic heterocycles. The molecule has 11 heavy (non-hydrogen) atoms. The maximum atomic E-state index is 12.0. The van der Waals surface area contributed by atoms with E-state index < -0.39 is 17.5 Å². The van der Waals surface area contributed by atoms with Crippen LogP contribution in [0.1, 0.15) is 19.8 Å². The first-order valence-corrected chi connectivity index (χ1v) is 3.44. The van der Waals surface area contributed by atoms with Gasteiger partial charge in [-0.15, -0.1) is 0 Å². The van der Waals surface area contributed by atoms with Crippen molar-refractivity contribution in [3.8, 4) is 6.07 Å². The van der Waals surface area contributed by atoms with Gasteiger partial charge in [-0.2, -0.15) is 18.4 Å². The van der Waals surface area contributed by atoms with E-state index in [-0.39, 0.29) is 6.42 Å². The molecule has 1 rings (SSSR count). The Labute approximate surface area is 62.8 Å². The summed E-state index contributed by atoms with van der Waals surface area (Å²) < 4.78 is 35.9. The molecule has 0 radical (unpaired) electrons. The van der Waals surface area contributed by atoms with Crippen LogP contribution in [0, 0.1) is 22.7 Å². The Morgan fingerprint density at radius 3 is 2.27 bits per heavy atom. The van der Waals surface area contributed by atoms with Crippen molar-refractivity contribution in [2.24, 2.45) is 11.3 Å². The molecule has 0 saturated heterocycles. The van der Waals surface area contributed by atoms with Crippen molar-refractivity contribution in [1.82, 2.24) is 0 Å². The molecule has 1 saturated carbocycles. The molecule has 2 atom stereocenters. The Balaban J connectivity index is 2.67. The standard InChI is InChI=1S/C7H8F3N/c1-2-6(4-11)3-5(6)7(8,9)10/h5H,2-3H2,1H3/t5-,6-/m1/s1. The van der Waals surface area contributed by atoms with E-state index >= 15 is 0 Å². The zero-order valence-electron chi connectivity index (χ0n) is 6.07. The summed E-state index contributed by atoms with van der Waals surface area (Å²) in [6, 6.07) is 1.74. The quantitative estimate of drug-likeness (QED) is 0.582. The topological polar surface area (TPSA) is 23.8 Å². The van der Waals surface area contributed by atoms with E-state index in [0.717, 1.165) is 0 Å². The maximum Gasteiger partial charge on any atom is 0.393 e. The summed E-state index contributed by atoms with van der Waals surface area (Å²) in [6.45, 7) is 1.62. The molecule has 62 valence electrons. The number of nitrogens with zero attached hydrogens (tertiary/aromatic N) is 1. The number of hydrogen-bond donors (Lipinski definition) is 0. The molecule has 0 spiro atoms. The predicted molar refractivity (Wildman–Crippen MR) is 32.5 cm³/mol. The molecule has 0 N–H and O–H groups in total. The summed E-state index contributed by atoms with van der Waals surface area (Å²) in [5.74, 6) is -1.37. The van der Waals surface area contributed by atoms with Gasteiger partial charge in [-0.1, -0.05) is 6.92 Å². The Morgan fingerprint density at radius 1 is 1.64 bits per heavy atom. The highest BCUT2D eigenvalue weighted by Gasteiger charge is 2.66. The third-order valence-corrected chi connectivity index (χ3v) is 2.32. The average Bonchev–Trinajstić information content (AvgIpc) is 2.61. The second-order valence-corrected chi connectivity index (χ2v) is 2.92. The van der Waals surface area contributed by atoms with Gasteiger partial charge in [0.25, 0.3) is 0 Å². The van der Waals surface area contributed by atoms with Crippen LogP contribution < -0.4 is 0 Å². The minimum atomic E-state index is -4.17. The van der Waals surface area contributed by atoms with Crippen molar-refractivity contribution in [1.29, 1.82) is 5.26 Å². The number of nitriles is 1. The Bertz CT molecular complexity index is 203. The van der Waals surface area contributed by atoms with E-state index in [1.165, 1.54) is 0 Å². The van der Waals surface area contributed by atoms with Crippen LogP contribution in [-0.2, 0) is 0 Å². The van der Waals surface area contributed by atoms with Crippen LogP contribution in [-0.4, -0.2) is 6.18 Å². The molecule has 0 amide bonds. The van der Waals surface area contributed by atoms with E-state index in [0.29, 0.717) is 6.42 Å². The fraction of sp³-hybridized carbons (Fsp3) is 0.857. The van der Waals surface area contributed by atoms with Crippen LogP contribution in [0.15, 0.2) is 0 Å². The molecule has 0 heterocycles. The van der Waals surface area contributed by atoms with Gasteiger partial charge in [0, 0.05) is 0 Å². The average molecular weight is 163 g/mol. The van der Waals surface area contributed by atoms with Gasteiger partial charge in [0.15, 0.2) is 0 Å². The highest BCUT2D eigenvalue weighted by Crippen LogP contribution is 2.61. The molecular weight excluding hydrogens is 155 g/mol. The van der Waals surface area contributed by atoms with Gasteiger partial charge in [-0.05, 0) is 12.8 Å². The van der Waals surface area contributed by atoms with Gasteiger partial charge in [0.05, 0.1) is 17.4 Å². The zero-order chi connectivity index (χ0) is 8.70. The SMILES string of the molecule is CC[C@]1(C#N)C[C@H]1C(F)(F)F. The van der Waals surface area contributed by atoms with Crippen molar-refractivity contribution in [3.05, 3.63) is 0 Å². The summed E-state index contributed by atoms with van der Waals surface area (Å²) >= 11 is 0. The molecule has 0 unspecified atom stereocenters. The van der Waals surface area contributed by atoms with Gasteiger partial charge in [0.1, 0.15) is 0 Å². The predicted octanol–water partition coefficient (Wildman–Crippen LogP) is 2.49. The van der Waals surface area contributed by atoms with Crippen molar-refractivity contribution in [3.63, 3.8) is 0 Å². The minimum Gasteiger partial charge on any atom is -0.198 e. The normalized spacial score (nSPS) is 36.5.